The Bertz CT molecular complexity index is 623. The van der Waals surface area contributed by atoms with Crippen LogP contribution in [0.25, 0.3) is 0 Å². The third kappa shape index (κ3) is 1.99. The molecule has 2 aliphatic rings. The molecule has 2 aromatic rings. The zero-order valence-electron chi connectivity index (χ0n) is 11.2. The van der Waals surface area contributed by atoms with E-state index in [9.17, 15) is 0 Å². The van der Waals surface area contributed by atoms with Crippen LogP contribution in [0.15, 0.2) is 30.6 Å². The van der Waals surface area contributed by atoms with Crippen LogP contribution in [0, 0.1) is 0 Å². The van der Waals surface area contributed by atoms with E-state index in [0.717, 1.165) is 50.0 Å². The zero-order chi connectivity index (χ0) is 13.4. The molecule has 0 radical (unpaired) electrons. The summed E-state index contributed by atoms with van der Waals surface area (Å²) in [5, 5.41) is 3.47. The van der Waals surface area contributed by atoms with Crippen molar-refractivity contribution in [2.75, 3.05) is 18.5 Å². The van der Waals surface area contributed by atoms with Crippen molar-refractivity contribution in [3.05, 3.63) is 36.2 Å². The van der Waals surface area contributed by atoms with Gasteiger partial charge in [-0.3, -0.25) is 0 Å². The number of nitrogens with one attached hydrogen (secondary N) is 1. The van der Waals surface area contributed by atoms with Gasteiger partial charge in [0.1, 0.15) is 0 Å². The molecule has 0 bridgehead atoms. The quantitative estimate of drug-likeness (QED) is 0.866. The maximum Gasteiger partial charge on any atom is 0.203 e. The highest BCUT2D eigenvalue weighted by atomic mass is 16.5. The minimum absolute atomic E-state index is 0.280. The number of ether oxygens (including phenoxy) is 2. The Morgan fingerprint density at radius 3 is 3.05 bits per heavy atom. The normalized spacial score (nSPS) is 20.7. The summed E-state index contributed by atoms with van der Waals surface area (Å²) in [6, 6.07) is 6.50. The summed E-state index contributed by atoms with van der Waals surface area (Å²) in [5.41, 5.74) is 1.23. The fourth-order valence-electron chi connectivity index (χ4n) is 2.77. The fourth-order valence-corrected chi connectivity index (χ4v) is 2.77. The summed E-state index contributed by atoms with van der Waals surface area (Å²) in [5.74, 6) is 2.65. The third-order valence-electron chi connectivity index (χ3n) is 3.85. The van der Waals surface area contributed by atoms with E-state index < -0.39 is 0 Å². The van der Waals surface area contributed by atoms with Crippen LogP contribution in [0.1, 0.15) is 24.4 Å². The number of hydrogen-bond acceptors (Lipinski definition) is 4. The Balaban J connectivity index is 1.62. The van der Waals surface area contributed by atoms with Crippen LogP contribution < -0.4 is 14.8 Å². The molecular weight excluding hydrogens is 254 g/mol. The largest absolute Gasteiger partial charge is 0.490 e. The van der Waals surface area contributed by atoms with Crippen molar-refractivity contribution in [3.63, 3.8) is 0 Å². The summed E-state index contributed by atoms with van der Waals surface area (Å²) < 4.78 is 13.6. The van der Waals surface area contributed by atoms with Crippen LogP contribution in [-0.4, -0.2) is 22.8 Å². The smallest absolute Gasteiger partial charge is 0.203 e. The molecule has 1 aromatic heterocycles. The van der Waals surface area contributed by atoms with Gasteiger partial charge in [-0.1, -0.05) is 6.07 Å². The minimum Gasteiger partial charge on any atom is -0.490 e. The summed E-state index contributed by atoms with van der Waals surface area (Å²) in [7, 11) is 0. The van der Waals surface area contributed by atoms with E-state index in [-0.39, 0.29) is 6.04 Å². The maximum absolute atomic E-state index is 5.76. The number of aryl methyl sites for hydroxylation is 1. The summed E-state index contributed by atoms with van der Waals surface area (Å²) in [4.78, 5) is 4.33. The highest BCUT2D eigenvalue weighted by molar-refractivity contribution is 5.46. The molecule has 1 unspecified atom stereocenters. The van der Waals surface area contributed by atoms with Crippen LogP contribution in [0.2, 0.25) is 0 Å². The molecule has 104 valence electrons. The predicted molar refractivity (Wildman–Crippen MR) is 75.3 cm³/mol. The number of rotatable bonds is 1. The molecule has 20 heavy (non-hydrogen) atoms. The Morgan fingerprint density at radius 2 is 2.10 bits per heavy atom. The molecule has 0 saturated heterocycles. The van der Waals surface area contributed by atoms with E-state index in [2.05, 4.69) is 27.0 Å². The lowest BCUT2D eigenvalue weighted by Gasteiger charge is -2.26. The second-order valence-corrected chi connectivity index (χ2v) is 5.19. The van der Waals surface area contributed by atoms with Crippen molar-refractivity contribution in [1.29, 1.82) is 0 Å². The van der Waals surface area contributed by atoms with Crippen LogP contribution in [0.5, 0.6) is 11.5 Å². The zero-order valence-corrected chi connectivity index (χ0v) is 11.2. The summed E-state index contributed by atoms with van der Waals surface area (Å²) in [6.45, 7) is 2.44. The molecule has 5 heteroatoms. The highest BCUT2D eigenvalue weighted by Gasteiger charge is 2.21. The molecule has 4 rings (SSSR count). The molecule has 0 aliphatic carbocycles. The topological polar surface area (TPSA) is 48.3 Å². The van der Waals surface area contributed by atoms with E-state index in [1.807, 2.05) is 18.5 Å². The number of nitrogens with zero attached hydrogens (tertiary/aromatic N) is 2. The van der Waals surface area contributed by atoms with Crippen molar-refractivity contribution < 1.29 is 9.47 Å². The average molecular weight is 271 g/mol. The van der Waals surface area contributed by atoms with Gasteiger partial charge in [-0.25, -0.2) is 4.98 Å². The van der Waals surface area contributed by atoms with E-state index in [4.69, 9.17) is 9.47 Å². The van der Waals surface area contributed by atoms with Crippen molar-refractivity contribution >= 4 is 5.95 Å². The van der Waals surface area contributed by atoms with Gasteiger partial charge in [-0.05, 0) is 24.1 Å². The first-order chi connectivity index (χ1) is 9.90. The van der Waals surface area contributed by atoms with E-state index in [0.29, 0.717) is 0 Å². The van der Waals surface area contributed by atoms with Gasteiger partial charge in [0.15, 0.2) is 11.5 Å². The molecule has 0 spiro atoms. The fraction of sp³-hybridized carbons (Fsp3) is 0.400. The Morgan fingerprint density at radius 1 is 1.20 bits per heavy atom. The Hall–Kier alpha value is -2.17. The maximum atomic E-state index is 5.76. The van der Waals surface area contributed by atoms with Crippen LogP contribution in [0.4, 0.5) is 5.95 Å². The Labute approximate surface area is 117 Å². The second kappa shape index (κ2) is 4.74. The van der Waals surface area contributed by atoms with Crippen LogP contribution in [-0.2, 0) is 6.54 Å². The van der Waals surface area contributed by atoms with Crippen molar-refractivity contribution in [1.82, 2.24) is 9.55 Å². The number of imidazole rings is 1. The summed E-state index contributed by atoms with van der Waals surface area (Å²) >= 11 is 0. The van der Waals surface area contributed by atoms with Gasteiger partial charge in [-0.15, -0.1) is 0 Å². The second-order valence-electron chi connectivity index (χ2n) is 5.19. The van der Waals surface area contributed by atoms with Gasteiger partial charge >= 0.3 is 0 Å². The molecule has 0 amide bonds. The first-order valence-corrected chi connectivity index (χ1v) is 7.07. The van der Waals surface area contributed by atoms with Crippen molar-refractivity contribution in [2.45, 2.75) is 25.4 Å². The van der Waals surface area contributed by atoms with E-state index in [1.54, 1.807) is 0 Å². The number of hydrogen-bond donors (Lipinski definition) is 1. The molecule has 3 heterocycles. The molecule has 1 N–H and O–H groups in total. The number of aromatic nitrogens is 2. The van der Waals surface area contributed by atoms with Gasteiger partial charge in [0.25, 0.3) is 0 Å². The van der Waals surface area contributed by atoms with Crippen LogP contribution >= 0.6 is 0 Å². The van der Waals surface area contributed by atoms with Crippen molar-refractivity contribution in [2.24, 2.45) is 0 Å². The molecule has 2 aliphatic heterocycles. The highest BCUT2D eigenvalue weighted by Crippen LogP contribution is 2.35. The summed E-state index contributed by atoms with van der Waals surface area (Å²) in [6.07, 6.45) is 5.82. The molecule has 5 nitrogen and oxygen atoms in total. The molecule has 1 aromatic carbocycles. The monoisotopic (exact) mass is 271 g/mol. The lowest BCUT2D eigenvalue weighted by atomic mass is 10.0. The molecular formula is C15H17N3O2. The van der Waals surface area contributed by atoms with Gasteiger partial charge in [-0.2, -0.15) is 0 Å². The van der Waals surface area contributed by atoms with E-state index >= 15 is 0 Å². The lowest BCUT2D eigenvalue weighted by molar-refractivity contribution is 0.297. The first kappa shape index (κ1) is 11.6. The predicted octanol–water partition coefficient (Wildman–Crippen LogP) is 2.60. The molecule has 0 saturated carbocycles. The van der Waals surface area contributed by atoms with Gasteiger partial charge in [0, 0.05) is 25.4 Å². The first-order valence-electron chi connectivity index (χ1n) is 7.07. The third-order valence-corrected chi connectivity index (χ3v) is 3.85. The standard InChI is InChI=1S/C15H17N3O2/c1-8-19-13-3-2-11(10-14(13)20-9-1)12-4-6-18-7-5-16-15(18)17-12/h2-3,5,7,10,12H,1,4,6,8-9H2,(H,16,17). The average Bonchev–Trinajstić information content (AvgIpc) is 2.83. The molecule has 1 atom stereocenters. The number of benzene rings is 1. The molecule has 0 fully saturated rings. The number of anilines is 1. The van der Waals surface area contributed by atoms with Crippen molar-refractivity contribution in [3.8, 4) is 11.5 Å². The SMILES string of the molecule is c1cn2c(n1)NC(c1ccc3c(c1)OCCCO3)CC2. The van der Waals surface area contributed by atoms with E-state index in [1.165, 1.54) is 5.56 Å². The van der Waals surface area contributed by atoms with Gasteiger partial charge in [0.05, 0.1) is 19.3 Å². The van der Waals surface area contributed by atoms with Gasteiger partial charge < -0.3 is 19.4 Å². The van der Waals surface area contributed by atoms with Gasteiger partial charge in [0.2, 0.25) is 5.95 Å². The van der Waals surface area contributed by atoms with Crippen LogP contribution in [0.3, 0.4) is 0 Å². The number of fused-ring (bicyclic) bond motifs is 2. The lowest BCUT2D eigenvalue weighted by Crippen LogP contribution is -2.21. The Kier molecular flexibility index (Phi) is 2.76. The minimum atomic E-state index is 0.280.